The van der Waals surface area contributed by atoms with E-state index in [0.29, 0.717) is 18.1 Å². The van der Waals surface area contributed by atoms with Crippen molar-refractivity contribution in [1.82, 2.24) is 0 Å². The molecule has 3 aromatic carbocycles. The van der Waals surface area contributed by atoms with Gasteiger partial charge in [0.1, 0.15) is 11.9 Å². The minimum atomic E-state index is -3.68. The van der Waals surface area contributed by atoms with Crippen LogP contribution >= 0.6 is 0 Å². The van der Waals surface area contributed by atoms with Gasteiger partial charge in [-0.25, -0.2) is 26.3 Å². The molecule has 0 atom stereocenters. The Bertz CT molecular complexity index is 1370. The highest BCUT2D eigenvalue weighted by molar-refractivity contribution is 5.64. The van der Waals surface area contributed by atoms with Gasteiger partial charge in [0.25, 0.3) is 0 Å². The number of halogens is 8. The number of unbranched alkanes of at least 4 members (excludes halogenated alkanes) is 2. The average Bonchev–Trinajstić information content (AvgIpc) is 3.05. The van der Waals surface area contributed by atoms with E-state index in [9.17, 15) is 35.1 Å². The Morgan fingerprint density at radius 3 is 1.91 bits per heavy atom. The molecule has 0 unspecified atom stereocenters. The second-order valence-corrected chi connectivity index (χ2v) is 12.5. The van der Waals surface area contributed by atoms with E-state index in [-0.39, 0.29) is 31.4 Å². The highest BCUT2D eigenvalue weighted by Crippen LogP contribution is 2.40. The zero-order chi connectivity index (χ0) is 34.0. The lowest BCUT2D eigenvalue weighted by Gasteiger charge is -2.30. The summed E-state index contributed by atoms with van der Waals surface area (Å²) in [6.45, 7) is 1.24. The molecule has 0 amide bonds. The van der Waals surface area contributed by atoms with Gasteiger partial charge in [0, 0.05) is 12.1 Å². The molecule has 2 aliphatic carbocycles. The Labute approximate surface area is 271 Å². The summed E-state index contributed by atoms with van der Waals surface area (Å²) in [5.41, 5.74) is 3.14. The number of alkyl halides is 4. The number of hydrogen-bond acceptors (Lipinski definition) is 2. The Balaban J connectivity index is 0.000000223. The molecular weight excluding hydrogens is 628 g/mol. The first-order chi connectivity index (χ1) is 22.5. The smallest absolute Gasteiger partial charge is 0.400 e. The fourth-order valence-corrected chi connectivity index (χ4v) is 6.49. The van der Waals surface area contributed by atoms with E-state index in [1.54, 1.807) is 6.07 Å². The van der Waals surface area contributed by atoms with E-state index < -0.39 is 54.1 Å². The molecule has 0 N–H and O–H groups in total. The molecule has 0 saturated heterocycles. The van der Waals surface area contributed by atoms with Crippen LogP contribution in [-0.4, -0.2) is 19.1 Å². The molecule has 2 aliphatic rings. The van der Waals surface area contributed by atoms with Gasteiger partial charge in [-0.15, -0.1) is 0 Å². The van der Waals surface area contributed by atoms with Gasteiger partial charge in [-0.3, -0.25) is 0 Å². The molecule has 0 aliphatic heterocycles. The first-order valence-corrected chi connectivity index (χ1v) is 16.4. The van der Waals surface area contributed by atoms with Gasteiger partial charge >= 0.3 is 6.11 Å². The minimum absolute atomic E-state index is 0.00421. The van der Waals surface area contributed by atoms with Gasteiger partial charge in [0.15, 0.2) is 29.0 Å². The van der Waals surface area contributed by atoms with E-state index in [4.69, 9.17) is 0 Å². The van der Waals surface area contributed by atoms with Gasteiger partial charge in [0.2, 0.25) is 6.86 Å². The Hall–Kier alpha value is -3.30. The largest absolute Gasteiger partial charge is 0.460 e. The van der Waals surface area contributed by atoms with Crippen molar-refractivity contribution in [2.24, 2.45) is 11.8 Å². The molecule has 0 heterocycles. The van der Waals surface area contributed by atoms with Gasteiger partial charge in [-0.05, 0) is 92.0 Å². The first kappa shape index (κ1) is 36.5. The monoisotopic (exact) mass is 670 g/mol. The van der Waals surface area contributed by atoms with Crippen LogP contribution in [0, 0.1) is 35.1 Å². The molecule has 258 valence electrons. The van der Waals surface area contributed by atoms with Gasteiger partial charge in [-0.1, -0.05) is 62.9 Å². The maximum atomic E-state index is 13.9. The van der Waals surface area contributed by atoms with Crippen molar-refractivity contribution < 1.29 is 44.6 Å². The first-order valence-electron chi connectivity index (χ1n) is 16.4. The molecule has 0 aromatic heterocycles. The lowest BCUT2D eigenvalue weighted by molar-refractivity contribution is -0.223. The summed E-state index contributed by atoms with van der Waals surface area (Å²) in [5, 5.41) is 0. The van der Waals surface area contributed by atoms with Gasteiger partial charge < -0.3 is 9.47 Å². The zero-order valence-electron chi connectivity index (χ0n) is 26.5. The Morgan fingerprint density at radius 1 is 0.723 bits per heavy atom. The maximum absolute atomic E-state index is 13.9. The number of hydrogen-bond donors (Lipinski definition) is 0. The van der Waals surface area contributed by atoms with Crippen molar-refractivity contribution in [3.8, 4) is 22.6 Å². The molecule has 0 spiro atoms. The van der Waals surface area contributed by atoms with E-state index in [1.807, 2.05) is 0 Å². The summed E-state index contributed by atoms with van der Waals surface area (Å²) in [5.74, 6) is -6.01. The summed E-state index contributed by atoms with van der Waals surface area (Å²) < 4.78 is 114. The van der Waals surface area contributed by atoms with Crippen LogP contribution in [0.25, 0.3) is 11.1 Å². The number of rotatable bonds is 11. The quantitative estimate of drug-likeness (QED) is 0.115. The Morgan fingerprint density at radius 2 is 1.34 bits per heavy atom. The highest BCUT2D eigenvalue weighted by atomic mass is 19.3. The third-order valence-electron chi connectivity index (χ3n) is 9.26. The summed E-state index contributed by atoms with van der Waals surface area (Å²) >= 11 is 0. The molecular formula is C37H42F8O2. The van der Waals surface area contributed by atoms with Crippen LogP contribution in [0.15, 0.2) is 54.6 Å². The lowest BCUT2D eigenvalue weighted by Crippen LogP contribution is -2.37. The third-order valence-corrected chi connectivity index (χ3v) is 9.26. The molecule has 2 nitrogen and oxygen atoms in total. The predicted octanol–water partition coefficient (Wildman–Crippen LogP) is 12.3. The van der Waals surface area contributed by atoms with E-state index in [1.165, 1.54) is 69.1 Å². The second-order valence-electron chi connectivity index (χ2n) is 12.5. The SMILES string of the molecule is CCCCCC1CCC(c2ccc(-c3ccc(OCF)c(F)c3)cc2)CC1.Fc1cc(OC(F)(F)C2CCC(F)CC2)cc(F)c1F. The van der Waals surface area contributed by atoms with E-state index in [2.05, 4.69) is 40.7 Å². The maximum Gasteiger partial charge on any atom is 0.400 e. The molecule has 0 radical (unpaired) electrons. The number of benzene rings is 3. The van der Waals surface area contributed by atoms with Crippen molar-refractivity contribution in [1.29, 1.82) is 0 Å². The molecule has 10 heteroatoms. The molecule has 3 aromatic rings. The van der Waals surface area contributed by atoms with E-state index >= 15 is 0 Å². The fourth-order valence-electron chi connectivity index (χ4n) is 6.49. The van der Waals surface area contributed by atoms with Crippen molar-refractivity contribution >= 4 is 0 Å². The standard InChI is InChI=1S/C24H30F2O.C13H12F6O/c1-2-3-4-5-18-6-8-19(9-7-18)20-10-12-21(13-11-20)22-14-15-24(27-17-25)23(26)16-22;14-8-3-1-7(2-4-8)13(18,19)20-9-5-10(15)12(17)11(16)6-9/h10-16,18-19H,2-9,17H2,1H3;5-8H,1-4H2. The molecule has 5 rings (SSSR count). The lowest BCUT2D eigenvalue weighted by atomic mass is 9.77. The Kier molecular flexibility index (Phi) is 13.4. The summed E-state index contributed by atoms with van der Waals surface area (Å²) in [6.07, 6.45) is 5.72. The molecule has 47 heavy (non-hydrogen) atoms. The van der Waals surface area contributed by atoms with Crippen molar-refractivity contribution in [3.05, 3.63) is 83.4 Å². The summed E-state index contributed by atoms with van der Waals surface area (Å²) in [4.78, 5) is 0. The second kappa shape index (κ2) is 17.2. The summed E-state index contributed by atoms with van der Waals surface area (Å²) in [7, 11) is 0. The van der Waals surface area contributed by atoms with Gasteiger partial charge in [-0.2, -0.15) is 8.78 Å². The molecule has 2 fully saturated rings. The van der Waals surface area contributed by atoms with Crippen LogP contribution < -0.4 is 9.47 Å². The fraction of sp³-hybridized carbons (Fsp3) is 0.514. The van der Waals surface area contributed by atoms with Gasteiger partial charge in [0.05, 0.1) is 5.92 Å². The normalized spacial score (nSPS) is 21.5. The highest BCUT2D eigenvalue weighted by Gasteiger charge is 2.44. The van der Waals surface area contributed by atoms with Crippen LogP contribution in [0.4, 0.5) is 35.1 Å². The van der Waals surface area contributed by atoms with Crippen LogP contribution in [-0.2, 0) is 0 Å². The van der Waals surface area contributed by atoms with E-state index in [0.717, 1.165) is 17.0 Å². The topological polar surface area (TPSA) is 18.5 Å². The van der Waals surface area contributed by atoms with Crippen molar-refractivity contribution in [3.63, 3.8) is 0 Å². The average molecular weight is 671 g/mol. The molecule has 2 saturated carbocycles. The predicted molar refractivity (Wildman–Crippen MR) is 166 cm³/mol. The van der Waals surface area contributed by atoms with Crippen molar-refractivity contribution in [2.45, 2.75) is 102 Å². The third kappa shape index (κ3) is 10.3. The summed E-state index contributed by atoms with van der Waals surface area (Å²) in [6, 6.07) is 13.9. The zero-order valence-corrected chi connectivity index (χ0v) is 26.5. The van der Waals surface area contributed by atoms with Crippen LogP contribution in [0.2, 0.25) is 0 Å². The van der Waals surface area contributed by atoms with Crippen LogP contribution in [0.1, 0.15) is 95.5 Å². The number of ether oxygens (including phenoxy) is 2. The van der Waals surface area contributed by atoms with Crippen molar-refractivity contribution in [2.75, 3.05) is 6.86 Å². The minimum Gasteiger partial charge on any atom is -0.460 e. The molecule has 0 bridgehead atoms. The van der Waals surface area contributed by atoms with Crippen LogP contribution in [0.3, 0.4) is 0 Å². The van der Waals surface area contributed by atoms with Crippen LogP contribution in [0.5, 0.6) is 11.5 Å².